The number of nitrogens with one attached hydrogen (secondary N) is 4. The topological polar surface area (TPSA) is 91.5 Å². The van der Waals surface area contributed by atoms with E-state index in [1.807, 2.05) is 36.4 Å². The zero-order valence-corrected chi connectivity index (χ0v) is 15.5. The quantitative estimate of drug-likeness (QED) is 0.632. The first-order chi connectivity index (χ1) is 13.1. The van der Waals surface area contributed by atoms with Crippen LogP contribution in [0.25, 0.3) is 0 Å². The second-order valence-electron chi connectivity index (χ2n) is 6.19. The van der Waals surface area contributed by atoms with Crippen molar-refractivity contribution < 1.29 is 14.3 Å². The van der Waals surface area contributed by atoms with Crippen LogP contribution in [-0.4, -0.2) is 25.7 Å². The minimum Gasteiger partial charge on any atom is -0.453 e. The van der Waals surface area contributed by atoms with Crippen LogP contribution >= 0.6 is 11.6 Å². The van der Waals surface area contributed by atoms with Gasteiger partial charge in [0.25, 0.3) is 0 Å². The van der Waals surface area contributed by atoms with Gasteiger partial charge in [-0.2, -0.15) is 0 Å². The average molecular weight is 389 g/mol. The molecule has 0 saturated carbocycles. The predicted molar refractivity (Wildman–Crippen MR) is 103 cm³/mol. The summed E-state index contributed by atoms with van der Waals surface area (Å²) < 4.78 is 4.55. The number of benzene rings is 2. The first-order valence-electron chi connectivity index (χ1n) is 8.52. The number of halogens is 1. The maximum absolute atomic E-state index is 12.6. The number of carbonyl (C=O) groups excluding carboxylic acids is 2. The van der Waals surface area contributed by atoms with Crippen LogP contribution < -0.4 is 21.5 Å². The van der Waals surface area contributed by atoms with Crippen molar-refractivity contribution in [2.45, 2.75) is 12.6 Å². The summed E-state index contributed by atoms with van der Waals surface area (Å²) in [6.07, 6.45) is -0.523. The van der Waals surface area contributed by atoms with Gasteiger partial charge in [-0.15, -0.1) is 0 Å². The zero-order chi connectivity index (χ0) is 19.2. The molecule has 1 fully saturated rings. The number of hydrogen-bond acceptors (Lipinski definition) is 5. The number of ether oxygens (including phenoxy) is 1. The maximum Gasteiger partial charge on any atom is 0.411 e. The molecule has 1 aliphatic rings. The van der Waals surface area contributed by atoms with Gasteiger partial charge in [0.2, 0.25) is 5.91 Å². The number of hydrogen-bond donors (Lipinski definition) is 4. The molecule has 0 aromatic heterocycles. The molecule has 0 aliphatic carbocycles. The Kier molecular flexibility index (Phi) is 6.28. The standard InChI is InChI=1S/C19H21ClN4O3/c1-27-19(26)23-15-8-2-12(3-9-15)10-21-18(25)16-11-22-24-17(16)13-4-6-14(20)7-5-13/h2-9,16-17,22,24H,10-11H2,1H3,(H,21,25)(H,23,26). The molecule has 8 heteroatoms. The summed E-state index contributed by atoms with van der Waals surface area (Å²) in [5, 5.41) is 6.21. The molecule has 4 N–H and O–H groups in total. The van der Waals surface area contributed by atoms with E-state index in [4.69, 9.17) is 11.6 Å². The van der Waals surface area contributed by atoms with Crippen molar-refractivity contribution in [3.05, 3.63) is 64.7 Å². The molecule has 7 nitrogen and oxygen atoms in total. The van der Waals surface area contributed by atoms with E-state index in [2.05, 4.69) is 26.2 Å². The fraction of sp³-hybridized carbons (Fsp3) is 0.263. The van der Waals surface area contributed by atoms with Crippen molar-refractivity contribution in [3.8, 4) is 0 Å². The van der Waals surface area contributed by atoms with Crippen molar-refractivity contribution in [1.82, 2.24) is 16.2 Å². The van der Waals surface area contributed by atoms with Crippen molar-refractivity contribution in [1.29, 1.82) is 0 Å². The third-order valence-electron chi connectivity index (χ3n) is 4.40. The summed E-state index contributed by atoms with van der Waals surface area (Å²) in [5.74, 6) is -0.268. The molecule has 142 valence electrons. The van der Waals surface area contributed by atoms with Crippen molar-refractivity contribution in [3.63, 3.8) is 0 Å². The molecule has 0 spiro atoms. The highest BCUT2D eigenvalue weighted by Crippen LogP contribution is 2.26. The SMILES string of the molecule is COC(=O)Nc1ccc(CNC(=O)C2CNNC2c2ccc(Cl)cc2)cc1. The molecule has 0 bridgehead atoms. The Bertz CT molecular complexity index is 796. The molecule has 2 atom stereocenters. The fourth-order valence-electron chi connectivity index (χ4n) is 2.92. The van der Waals surface area contributed by atoms with Gasteiger partial charge in [-0.1, -0.05) is 35.9 Å². The molecule has 1 heterocycles. The summed E-state index contributed by atoms with van der Waals surface area (Å²) in [6, 6.07) is 14.5. The van der Waals surface area contributed by atoms with Crippen molar-refractivity contribution in [2.75, 3.05) is 19.0 Å². The van der Waals surface area contributed by atoms with Gasteiger partial charge < -0.3 is 10.1 Å². The van der Waals surface area contributed by atoms with E-state index in [9.17, 15) is 9.59 Å². The van der Waals surface area contributed by atoms with Crippen LogP contribution in [0, 0.1) is 5.92 Å². The van der Waals surface area contributed by atoms with Gasteiger partial charge in [0, 0.05) is 23.8 Å². The highest BCUT2D eigenvalue weighted by Gasteiger charge is 2.33. The van der Waals surface area contributed by atoms with Crippen LogP contribution in [0.5, 0.6) is 0 Å². The lowest BCUT2D eigenvalue weighted by molar-refractivity contribution is -0.125. The number of methoxy groups -OCH3 is 1. The summed E-state index contributed by atoms with van der Waals surface area (Å²) in [4.78, 5) is 23.8. The van der Waals surface area contributed by atoms with E-state index in [0.29, 0.717) is 23.8 Å². The Morgan fingerprint density at radius 1 is 1.15 bits per heavy atom. The van der Waals surface area contributed by atoms with Gasteiger partial charge in [-0.05, 0) is 35.4 Å². The lowest BCUT2D eigenvalue weighted by atomic mass is 9.94. The van der Waals surface area contributed by atoms with E-state index in [1.54, 1.807) is 12.1 Å². The summed E-state index contributed by atoms with van der Waals surface area (Å²) in [7, 11) is 1.31. The number of rotatable bonds is 5. The van der Waals surface area contributed by atoms with E-state index in [1.165, 1.54) is 7.11 Å². The molecule has 2 aromatic carbocycles. The van der Waals surface area contributed by atoms with Gasteiger partial charge in [0.15, 0.2) is 0 Å². The smallest absolute Gasteiger partial charge is 0.411 e. The molecule has 0 radical (unpaired) electrons. The van der Waals surface area contributed by atoms with E-state index < -0.39 is 6.09 Å². The van der Waals surface area contributed by atoms with Gasteiger partial charge >= 0.3 is 6.09 Å². The van der Waals surface area contributed by atoms with Crippen LogP contribution in [-0.2, 0) is 16.1 Å². The van der Waals surface area contributed by atoms with Crippen molar-refractivity contribution >= 4 is 29.3 Å². The Morgan fingerprint density at radius 3 is 2.52 bits per heavy atom. The van der Waals surface area contributed by atoms with Crippen LogP contribution in [0.2, 0.25) is 5.02 Å². The molecule has 1 aliphatic heterocycles. The van der Waals surface area contributed by atoms with Crippen LogP contribution in [0.4, 0.5) is 10.5 Å². The third-order valence-corrected chi connectivity index (χ3v) is 4.65. The first-order valence-corrected chi connectivity index (χ1v) is 8.90. The largest absolute Gasteiger partial charge is 0.453 e. The summed E-state index contributed by atoms with van der Waals surface area (Å²) in [5.41, 5.74) is 8.76. The maximum atomic E-state index is 12.6. The molecule has 3 rings (SSSR count). The highest BCUT2D eigenvalue weighted by atomic mass is 35.5. The van der Waals surface area contributed by atoms with Crippen LogP contribution in [0.15, 0.2) is 48.5 Å². The third kappa shape index (κ3) is 4.97. The molecule has 27 heavy (non-hydrogen) atoms. The van der Waals surface area contributed by atoms with Crippen LogP contribution in [0.1, 0.15) is 17.2 Å². The average Bonchev–Trinajstić information content (AvgIpc) is 3.17. The lowest BCUT2D eigenvalue weighted by Crippen LogP contribution is -2.34. The van der Waals surface area contributed by atoms with Crippen molar-refractivity contribution in [2.24, 2.45) is 5.92 Å². The molecule has 1 saturated heterocycles. The van der Waals surface area contributed by atoms with Gasteiger partial charge in [0.05, 0.1) is 19.1 Å². The minimum absolute atomic E-state index is 0.0378. The van der Waals surface area contributed by atoms with Gasteiger partial charge in [0.1, 0.15) is 0 Å². The predicted octanol–water partition coefficient (Wildman–Crippen LogP) is 2.60. The molecular weight excluding hydrogens is 368 g/mol. The van der Waals surface area contributed by atoms with E-state index in [-0.39, 0.29) is 17.9 Å². The molecule has 2 unspecified atom stereocenters. The number of anilines is 1. The monoisotopic (exact) mass is 388 g/mol. The van der Waals surface area contributed by atoms with Crippen LogP contribution in [0.3, 0.4) is 0 Å². The second kappa shape index (κ2) is 8.85. The lowest BCUT2D eigenvalue weighted by Gasteiger charge is -2.18. The second-order valence-corrected chi connectivity index (χ2v) is 6.63. The summed E-state index contributed by atoms with van der Waals surface area (Å²) >= 11 is 5.94. The Balaban J connectivity index is 1.56. The summed E-state index contributed by atoms with van der Waals surface area (Å²) in [6.45, 7) is 0.947. The minimum atomic E-state index is -0.523. The fourth-order valence-corrected chi connectivity index (χ4v) is 3.05. The number of carbonyl (C=O) groups is 2. The Morgan fingerprint density at radius 2 is 1.85 bits per heavy atom. The first kappa shape index (κ1) is 19.2. The number of hydrazine groups is 1. The number of amides is 2. The van der Waals surface area contributed by atoms with Gasteiger partial charge in [-0.25, -0.2) is 10.2 Å². The molecular formula is C19H21ClN4O3. The molecule has 2 amide bonds. The Hall–Kier alpha value is -2.61. The van der Waals surface area contributed by atoms with E-state index in [0.717, 1.165) is 11.1 Å². The van der Waals surface area contributed by atoms with E-state index >= 15 is 0 Å². The van der Waals surface area contributed by atoms with Gasteiger partial charge in [-0.3, -0.25) is 15.5 Å². The zero-order valence-electron chi connectivity index (χ0n) is 14.8. The Labute approximate surface area is 162 Å². The normalized spacial score (nSPS) is 18.7. The highest BCUT2D eigenvalue weighted by molar-refractivity contribution is 6.30. The molecule has 2 aromatic rings.